The Morgan fingerprint density at radius 3 is 2.78 bits per heavy atom. The number of rotatable bonds is 3. The Hall–Kier alpha value is -2.77. The molecule has 0 fully saturated rings. The van der Waals surface area contributed by atoms with E-state index >= 15 is 0 Å². The highest BCUT2D eigenvalue weighted by atomic mass is 16.2. The van der Waals surface area contributed by atoms with Crippen LogP contribution in [-0.4, -0.2) is 44.3 Å². The van der Waals surface area contributed by atoms with Gasteiger partial charge in [0.25, 0.3) is 5.91 Å². The van der Waals surface area contributed by atoms with E-state index in [0.717, 1.165) is 11.0 Å². The summed E-state index contributed by atoms with van der Waals surface area (Å²) in [6.45, 7) is 4.06. The molecule has 0 unspecified atom stereocenters. The van der Waals surface area contributed by atoms with Gasteiger partial charge >= 0.3 is 0 Å². The third kappa shape index (κ3) is 2.92. The summed E-state index contributed by atoms with van der Waals surface area (Å²) in [4.78, 5) is 28.0. The maximum Gasteiger partial charge on any atom is 0.271 e. The smallest absolute Gasteiger partial charge is 0.271 e. The number of nitrogens with zero attached hydrogens (tertiary/aromatic N) is 5. The van der Waals surface area contributed by atoms with Gasteiger partial charge in [-0.25, -0.2) is 14.7 Å². The van der Waals surface area contributed by atoms with Crippen LogP contribution in [0.15, 0.2) is 23.6 Å². The molecule has 0 radical (unpaired) electrons. The zero-order valence-corrected chi connectivity index (χ0v) is 13.3. The second-order valence-electron chi connectivity index (χ2n) is 5.74. The van der Waals surface area contributed by atoms with Crippen molar-refractivity contribution in [3.63, 3.8) is 0 Å². The van der Waals surface area contributed by atoms with Crippen molar-refractivity contribution in [3.05, 3.63) is 18.5 Å². The summed E-state index contributed by atoms with van der Waals surface area (Å²) < 4.78 is 1.83. The number of anilines is 1. The molecule has 120 valence electrons. The zero-order valence-electron chi connectivity index (χ0n) is 13.3. The van der Waals surface area contributed by atoms with Crippen molar-refractivity contribution >= 4 is 34.2 Å². The Kier molecular flexibility index (Phi) is 3.81. The number of amides is 2. The standard InChI is InChI=1S/C15H18N6O2/c1-9(2)21-14-10(7-17-21)6-11(8-16-14)18-15(23)12-4-5-13(22)20(3)19-12/h6-9H,4-5H2,1-3H3,(H,18,23). The van der Waals surface area contributed by atoms with Crippen LogP contribution in [0.25, 0.3) is 11.0 Å². The third-order valence-corrected chi connectivity index (χ3v) is 3.65. The normalized spacial score (nSPS) is 15.2. The maximum atomic E-state index is 12.2. The average Bonchev–Trinajstić information content (AvgIpc) is 2.93. The lowest BCUT2D eigenvalue weighted by Gasteiger charge is -2.18. The summed E-state index contributed by atoms with van der Waals surface area (Å²) in [5, 5.41) is 13.1. The lowest BCUT2D eigenvalue weighted by molar-refractivity contribution is -0.130. The SMILES string of the molecule is CC(C)n1ncc2cc(NC(=O)C3=NN(C)C(=O)CC3)cnc21. The lowest BCUT2D eigenvalue weighted by Crippen LogP contribution is -2.34. The molecule has 0 spiro atoms. The van der Waals surface area contributed by atoms with E-state index in [-0.39, 0.29) is 17.9 Å². The summed E-state index contributed by atoms with van der Waals surface area (Å²) in [6.07, 6.45) is 3.96. The first-order valence-corrected chi connectivity index (χ1v) is 7.44. The minimum atomic E-state index is -0.318. The van der Waals surface area contributed by atoms with Crippen molar-refractivity contribution < 1.29 is 9.59 Å². The molecule has 0 saturated carbocycles. The van der Waals surface area contributed by atoms with E-state index in [1.165, 1.54) is 5.01 Å². The number of carbonyl (C=O) groups excluding carboxylic acids is 2. The Morgan fingerprint density at radius 2 is 2.09 bits per heavy atom. The van der Waals surface area contributed by atoms with Crippen molar-refractivity contribution in [2.24, 2.45) is 5.10 Å². The molecule has 3 rings (SSSR count). The van der Waals surface area contributed by atoms with Crippen LogP contribution >= 0.6 is 0 Å². The number of pyridine rings is 1. The monoisotopic (exact) mass is 314 g/mol. The van der Waals surface area contributed by atoms with Crippen LogP contribution < -0.4 is 5.32 Å². The van der Waals surface area contributed by atoms with Crippen LogP contribution in [0.5, 0.6) is 0 Å². The zero-order chi connectivity index (χ0) is 16.6. The highest BCUT2D eigenvalue weighted by molar-refractivity contribution is 6.43. The molecule has 1 aliphatic heterocycles. The Morgan fingerprint density at radius 1 is 1.30 bits per heavy atom. The van der Waals surface area contributed by atoms with Crippen LogP contribution in [0.4, 0.5) is 5.69 Å². The summed E-state index contributed by atoms with van der Waals surface area (Å²) >= 11 is 0. The predicted octanol–water partition coefficient (Wildman–Crippen LogP) is 1.56. The Balaban J connectivity index is 1.80. The molecule has 0 atom stereocenters. The van der Waals surface area contributed by atoms with E-state index in [1.807, 2.05) is 24.6 Å². The second-order valence-corrected chi connectivity index (χ2v) is 5.74. The van der Waals surface area contributed by atoms with Gasteiger partial charge in [0.05, 0.1) is 18.1 Å². The molecule has 8 nitrogen and oxygen atoms in total. The van der Waals surface area contributed by atoms with Gasteiger partial charge in [0, 0.05) is 31.3 Å². The van der Waals surface area contributed by atoms with E-state index in [4.69, 9.17) is 0 Å². The average molecular weight is 314 g/mol. The quantitative estimate of drug-likeness (QED) is 0.930. The first-order valence-electron chi connectivity index (χ1n) is 7.44. The maximum absolute atomic E-state index is 12.2. The molecule has 3 heterocycles. The van der Waals surface area contributed by atoms with Gasteiger partial charge in [0.15, 0.2) is 5.65 Å². The summed E-state index contributed by atoms with van der Waals surface area (Å²) in [7, 11) is 1.54. The summed E-state index contributed by atoms with van der Waals surface area (Å²) in [6, 6.07) is 2.04. The fourth-order valence-electron chi connectivity index (χ4n) is 2.42. The minimum absolute atomic E-state index is 0.0919. The van der Waals surface area contributed by atoms with Gasteiger partial charge in [-0.1, -0.05) is 0 Å². The first-order chi connectivity index (χ1) is 11.0. The fraction of sp³-hybridized carbons (Fsp3) is 0.400. The minimum Gasteiger partial charge on any atom is -0.319 e. The van der Waals surface area contributed by atoms with Gasteiger partial charge in [-0.15, -0.1) is 0 Å². The first kappa shape index (κ1) is 15.1. The highest BCUT2D eigenvalue weighted by Crippen LogP contribution is 2.19. The Labute approximate surface area is 133 Å². The second kappa shape index (κ2) is 5.79. The van der Waals surface area contributed by atoms with E-state index in [9.17, 15) is 9.59 Å². The van der Waals surface area contributed by atoms with E-state index in [0.29, 0.717) is 24.2 Å². The van der Waals surface area contributed by atoms with Gasteiger partial charge in [0.1, 0.15) is 5.71 Å². The largest absolute Gasteiger partial charge is 0.319 e. The van der Waals surface area contributed by atoms with E-state index in [2.05, 4.69) is 20.5 Å². The number of nitrogens with one attached hydrogen (secondary N) is 1. The van der Waals surface area contributed by atoms with Gasteiger partial charge < -0.3 is 5.32 Å². The van der Waals surface area contributed by atoms with Crippen molar-refractivity contribution in [1.29, 1.82) is 0 Å². The Bertz CT molecular complexity index is 807. The summed E-state index contributed by atoms with van der Waals surface area (Å²) in [5.41, 5.74) is 1.69. The molecule has 0 saturated heterocycles. The van der Waals surface area contributed by atoms with Crippen molar-refractivity contribution in [1.82, 2.24) is 19.8 Å². The molecule has 1 N–H and O–H groups in total. The van der Waals surface area contributed by atoms with Gasteiger partial charge in [-0.3, -0.25) is 9.59 Å². The van der Waals surface area contributed by atoms with Crippen LogP contribution in [0.1, 0.15) is 32.7 Å². The molecule has 0 bridgehead atoms. The molecule has 2 aromatic heterocycles. The van der Waals surface area contributed by atoms with E-state index in [1.54, 1.807) is 19.4 Å². The number of hydrogen-bond donors (Lipinski definition) is 1. The molecule has 0 aromatic carbocycles. The molecule has 8 heteroatoms. The van der Waals surface area contributed by atoms with Crippen molar-refractivity contribution in [3.8, 4) is 0 Å². The highest BCUT2D eigenvalue weighted by Gasteiger charge is 2.22. The van der Waals surface area contributed by atoms with Crippen LogP contribution in [-0.2, 0) is 9.59 Å². The van der Waals surface area contributed by atoms with Crippen molar-refractivity contribution in [2.75, 3.05) is 12.4 Å². The lowest BCUT2D eigenvalue weighted by atomic mass is 10.1. The van der Waals surface area contributed by atoms with Gasteiger partial charge in [0.2, 0.25) is 5.91 Å². The number of aromatic nitrogens is 3. The summed E-state index contributed by atoms with van der Waals surface area (Å²) in [5.74, 6) is -0.410. The topological polar surface area (TPSA) is 92.5 Å². The van der Waals surface area contributed by atoms with Crippen LogP contribution in [0, 0.1) is 0 Å². The molecule has 1 aliphatic rings. The van der Waals surface area contributed by atoms with Gasteiger partial charge in [-0.05, 0) is 19.9 Å². The third-order valence-electron chi connectivity index (χ3n) is 3.65. The number of fused-ring (bicyclic) bond motifs is 1. The number of hydrogen-bond acceptors (Lipinski definition) is 5. The molecular weight excluding hydrogens is 296 g/mol. The molecule has 23 heavy (non-hydrogen) atoms. The van der Waals surface area contributed by atoms with Gasteiger partial charge in [-0.2, -0.15) is 10.2 Å². The molecular formula is C15H18N6O2. The van der Waals surface area contributed by atoms with Crippen LogP contribution in [0.2, 0.25) is 0 Å². The molecule has 2 amide bonds. The molecule has 2 aromatic rings. The number of carbonyl (C=O) groups is 2. The predicted molar refractivity (Wildman–Crippen MR) is 86.0 cm³/mol. The molecule has 0 aliphatic carbocycles. The fourth-order valence-corrected chi connectivity index (χ4v) is 2.42. The van der Waals surface area contributed by atoms with E-state index < -0.39 is 0 Å². The van der Waals surface area contributed by atoms with Crippen molar-refractivity contribution in [2.45, 2.75) is 32.7 Å². The van der Waals surface area contributed by atoms with Crippen LogP contribution in [0.3, 0.4) is 0 Å². The number of hydrazone groups is 1.